The highest BCUT2D eigenvalue weighted by atomic mass is 16.5. The van der Waals surface area contributed by atoms with Crippen LogP contribution in [0.4, 0.5) is 0 Å². The van der Waals surface area contributed by atoms with Gasteiger partial charge in [-0.05, 0) is 31.2 Å². The lowest BCUT2D eigenvalue weighted by molar-refractivity contribution is -0.116. The van der Waals surface area contributed by atoms with Crippen molar-refractivity contribution < 1.29 is 18.7 Å². The summed E-state index contributed by atoms with van der Waals surface area (Å²) < 4.78 is 10.0. The molecule has 0 aliphatic carbocycles. The van der Waals surface area contributed by atoms with Gasteiger partial charge < -0.3 is 14.5 Å². The van der Waals surface area contributed by atoms with Gasteiger partial charge >= 0.3 is 5.97 Å². The van der Waals surface area contributed by atoms with Gasteiger partial charge in [0.05, 0.1) is 7.11 Å². The Kier molecular flexibility index (Phi) is 5.68. The Morgan fingerprint density at radius 3 is 2.91 bits per heavy atom. The van der Waals surface area contributed by atoms with E-state index in [2.05, 4.69) is 15.0 Å². The highest BCUT2D eigenvalue weighted by Gasteiger charge is 2.14. The van der Waals surface area contributed by atoms with E-state index >= 15 is 0 Å². The number of amides is 1. The van der Waals surface area contributed by atoms with Gasteiger partial charge in [-0.2, -0.15) is 0 Å². The lowest BCUT2D eigenvalue weighted by Gasteiger charge is -2.01. The average molecular weight is 314 g/mol. The zero-order valence-electron chi connectivity index (χ0n) is 13.0. The highest BCUT2D eigenvalue weighted by Crippen LogP contribution is 2.16. The van der Waals surface area contributed by atoms with Crippen molar-refractivity contribution in [2.75, 3.05) is 13.7 Å². The summed E-state index contributed by atoms with van der Waals surface area (Å²) in [5, 5.41) is 2.76. The summed E-state index contributed by atoms with van der Waals surface area (Å²) in [7, 11) is 1.30. The quantitative estimate of drug-likeness (QED) is 0.652. The summed E-state index contributed by atoms with van der Waals surface area (Å²) in [6, 6.07) is 7.20. The SMILES string of the molecule is COC(=O)c1cc(/C=C/C(=O)NCCc2ccccn2)oc1C. The van der Waals surface area contributed by atoms with E-state index in [0.717, 1.165) is 5.69 Å². The molecule has 0 atom stereocenters. The first-order chi connectivity index (χ1) is 11.1. The molecule has 0 radical (unpaired) electrons. The maximum atomic E-state index is 11.7. The molecule has 0 saturated heterocycles. The van der Waals surface area contributed by atoms with Crippen LogP contribution in [0.1, 0.15) is 27.6 Å². The minimum atomic E-state index is -0.467. The van der Waals surface area contributed by atoms with Crippen LogP contribution in [0, 0.1) is 6.92 Å². The van der Waals surface area contributed by atoms with Crippen LogP contribution in [0.5, 0.6) is 0 Å². The number of aryl methyl sites for hydroxylation is 1. The molecule has 0 bridgehead atoms. The van der Waals surface area contributed by atoms with Crippen molar-refractivity contribution in [2.24, 2.45) is 0 Å². The third-order valence-electron chi connectivity index (χ3n) is 3.15. The van der Waals surface area contributed by atoms with E-state index in [4.69, 9.17) is 4.42 Å². The molecule has 1 N–H and O–H groups in total. The molecule has 2 aromatic heterocycles. The minimum Gasteiger partial charge on any atom is -0.465 e. The van der Waals surface area contributed by atoms with Crippen LogP contribution in [-0.4, -0.2) is 30.5 Å². The number of carbonyl (C=O) groups is 2. The Morgan fingerprint density at radius 1 is 1.39 bits per heavy atom. The molecule has 0 unspecified atom stereocenters. The van der Waals surface area contributed by atoms with E-state index in [9.17, 15) is 9.59 Å². The average Bonchev–Trinajstić information content (AvgIpc) is 2.94. The number of methoxy groups -OCH3 is 1. The van der Waals surface area contributed by atoms with Gasteiger partial charge in [0.25, 0.3) is 0 Å². The Labute approximate surface area is 134 Å². The smallest absolute Gasteiger partial charge is 0.341 e. The molecule has 0 aromatic carbocycles. The van der Waals surface area contributed by atoms with Crippen LogP contribution < -0.4 is 5.32 Å². The van der Waals surface area contributed by atoms with Crippen molar-refractivity contribution in [1.82, 2.24) is 10.3 Å². The fourth-order valence-electron chi connectivity index (χ4n) is 1.98. The zero-order valence-corrected chi connectivity index (χ0v) is 13.0. The minimum absolute atomic E-state index is 0.241. The molecule has 0 fully saturated rings. The van der Waals surface area contributed by atoms with Crippen LogP contribution >= 0.6 is 0 Å². The molecule has 0 saturated carbocycles. The number of furan rings is 1. The van der Waals surface area contributed by atoms with E-state index in [1.807, 2.05) is 18.2 Å². The number of ether oxygens (including phenoxy) is 1. The Morgan fingerprint density at radius 2 is 2.22 bits per heavy atom. The topological polar surface area (TPSA) is 81.4 Å². The lowest BCUT2D eigenvalue weighted by atomic mass is 10.2. The number of nitrogens with one attached hydrogen (secondary N) is 1. The van der Waals surface area contributed by atoms with Crippen molar-refractivity contribution in [2.45, 2.75) is 13.3 Å². The Hall–Kier alpha value is -2.89. The second-order valence-corrected chi connectivity index (χ2v) is 4.81. The lowest BCUT2D eigenvalue weighted by Crippen LogP contribution is -2.23. The van der Waals surface area contributed by atoms with Crippen molar-refractivity contribution in [3.8, 4) is 0 Å². The van der Waals surface area contributed by atoms with Gasteiger partial charge in [0, 0.05) is 30.9 Å². The van der Waals surface area contributed by atoms with E-state index in [1.54, 1.807) is 19.2 Å². The molecule has 0 aliphatic heterocycles. The molecule has 23 heavy (non-hydrogen) atoms. The molecule has 120 valence electrons. The van der Waals surface area contributed by atoms with Crippen LogP contribution in [-0.2, 0) is 16.0 Å². The van der Waals surface area contributed by atoms with Gasteiger partial charge in [0.2, 0.25) is 5.91 Å². The highest BCUT2D eigenvalue weighted by molar-refractivity contribution is 5.93. The second-order valence-electron chi connectivity index (χ2n) is 4.81. The Balaban J connectivity index is 1.85. The number of hydrogen-bond acceptors (Lipinski definition) is 5. The largest absolute Gasteiger partial charge is 0.465 e. The fourth-order valence-corrected chi connectivity index (χ4v) is 1.98. The normalized spacial score (nSPS) is 10.7. The van der Waals surface area contributed by atoms with Crippen molar-refractivity contribution in [1.29, 1.82) is 0 Å². The maximum Gasteiger partial charge on any atom is 0.341 e. The molecular formula is C17H18N2O4. The molecule has 6 heteroatoms. The zero-order chi connectivity index (χ0) is 16.7. The maximum absolute atomic E-state index is 11.7. The third kappa shape index (κ3) is 4.81. The van der Waals surface area contributed by atoms with E-state index in [0.29, 0.717) is 30.0 Å². The molecular weight excluding hydrogens is 296 g/mol. The number of hydrogen-bond donors (Lipinski definition) is 1. The van der Waals surface area contributed by atoms with Crippen LogP contribution in [0.3, 0.4) is 0 Å². The van der Waals surface area contributed by atoms with Crippen molar-refractivity contribution >= 4 is 18.0 Å². The summed E-state index contributed by atoms with van der Waals surface area (Å²) in [5.41, 5.74) is 1.27. The van der Waals surface area contributed by atoms with Crippen LogP contribution in [0.15, 0.2) is 41.0 Å². The number of esters is 1. The molecule has 1 amide bonds. The van der Waals surface area contributed by atoms with Crippen molar-refractivity contribution in [3.05, 3.63) is 59.3 Å². The van der Waals surface area contributed by atoms with Gasteiger partial charge in [-0.25, -0.2) is 4.79 Å². The summed E-state index contributed by atoms with van der Waals surface area (Å²) in [5.74, 6) is 0.162. The van der Waals surface area contributed by atoms with E-state index in [1.165, 1.54) is 19.3 Å². The predicted octanol–water partition coefficient (Wildman–Crippen LogP) is 2.14. The van der Waals surface area contributed by atoms with Gasteiger partial charge in [-0.15, -0.1) is 0 Å². The Bertz CT molecular complexity index is 705. The van der Waals surface area contributed by atoms with Crippen LogP contribution in [0.2, 0.25) is 0 Å². The van der Waals surface area contributed by atoms with Gasteiger partial charge in [-0.1, -0.05) is 6.07 Å². The first kappa shape index (κ1) is 16.5. The summed E-state index contributed by atoms with van der Waals surface area (Å²) in [6.07, 6.45) is 5.25. The fraction of sp³-hybridized carbons (Fsp3) is 0.235. The molecule has 2 rings (SSSR count). The van der Waals surface area contributed by atoms with Gasteiger partial charge in [0.15, 0.2) is 0 Å². The standard InChI is InChI=1S/C17H18N2O4/c1-12-15(17(21)22-2)11-14(23-12)6-7-16(20)19-10-8-13-5-3-4-9-18-13/h3-7,9,11H,8,10H2,1-2H3,(H,19,20)/b7-6+. The first-order valence-electron chi connectivity index (χ1n) is 7.14. The third-order valence-corrected chi connectivity index (χ3v) is 3.15. The molecule has 0 aliphatic rings. The molecule has 2 heterocycles. The number of aromatic nitrogens is 1. The number of carbonyl (C=O) groups excluding carboxylic acids is 2. The van der Waals surface area contributed by atoms with Crippen molar-refractivity contribution in [3.63, 3.8) is 0 Å². The van der Waals surface area contributed by atoms with E-state index < -0.39 is 5.97 Å². The first-order valence-corrected chi connectivity index (χ1v) is 7.14. The van der Waals surface area contributed by atoms with Gasteiger partial charge in [-0.3, -0.25) is 9.78 Å². The van der Waals surface area contributed by atoms with Gasteiger partial charge in [0.1, 0.15) is 17.1 Å². The monoisotopic (exact) mass is 314 g/mol. The van der Waals surface area contributed by atoms with Crippen LogP contribution in [0.25, 0.3) is 6.08 Å². The molecule has 6 nitrogen and oxygen atoms in total. The summed E-state index contributed by atoms with van der Waals surface area (Å²) >= 11 is 0. The number of pyridine rings is 1. The van der Waals surface area contributed by atoms with E-state index in [-0.39, 0.29) is 5.91 Å². The number of nitrogens with zero attached hydrogens (tertiary/aromatic N) is 1. The number of rotatable bonds is 6. The second kappa shape index (κ2) is 7.93. The predicted molar refractivity (Wildman–Crippen MR) is 84.8 cm³/mol. The summed E-state index contributed by atoms with van der Waals surface area (Å²) in [6.45, 7) is 2.15. The molecule has 2 aromatic rings. The summed E-state index contributed by atoms with van der Waals surface area (Å²) in [4.78, 5) is 27.4. The molecule has 0 spiro atoms.